The summed E-state index contributed by atoms with van der Waals surface area (Å²) in [5.74, 6) is -10.9. The van der Waals surface area contributed by atoms with Crippen LogP contribution >= 0.6 is 23.2 Å². The van der Waals surface area contributed by atoms with E-state index in [1.807, 2.05) is 6.07 Å². The SMILES string of the molecule is Cc1cc(C(C(=O)NS(=O)(=O)c2ccc(Cl)cc2)C(C(=O)NS(=O)(=O)c2ccc(Cl)cc2)(c2cc(C)nn2-c2ccc(F)cc2)C(C(=O)NS(=O)(=O)c2ccc(C#N)cc2)c2cc(C)nn2-c2ccccc2)n(-c2ccccc2)n1. The number of benzene rings is 6. The average molecular weight is 1170 g/mol. The normalized spacial score (nSPS) is 13.3. The highest BCUT2D eigenvalue weighted by Crippen LogP contribution is 2.52. The summed E-state index contributed by atoms with van der Waals surface area (Å²) < 4.78 is 114. The molecule has 3 unspecified atom stereocenters. The number of nitrogens with one attached hydrogen (secondary N) is 3. The van der Waals surface area contributed by atoms with E-state index in [-0.39, 0.29) is 61.1 Å². The van der Waals surface area contributed by atoms with Crippen LogP contribution in [-0.4, -0.2) is 72.3 Å². The first-order valence-corrected chi connectivity index (χ1v) is 29.0. The second kappa shape index (κ2) is 22.2. The maximum Gasteiger partial charge on any atom is 0.264 e. The molecule has 3 aromatic heterocycles. The highest BCUT2D eigenvalue weighted by molar-refractivity contribution is 7.90. The molecular formula is C55H43Cl2FN10O9S3. The van der Waals surface area contributed by atoms with Gasteiger partial charge in [-0.15, -0.1) is 0 Å². The Morgan fingerprint density at radius 3 is 1.29 bits per heavy atom. The molecule has 3 atom stereocenters. The molecular weight excluding hydrogens is 1130 g/mol. The van der Waals surface area contributed by atoms with Gasteiger partial charge >= 0.3 is 0 Å². The molecule has 0 saturated heterocycles. The molecule has 0 spiro atoms. The molecule has 3 N–H and O–H groups in total. The first-order valence-electron chi connectivity index (χ1n) is 23.8. The molecule has 3 heterocycles. The van der Waals surface area contributed by atoms with Crippen LogP contribution in [0.4, 0.5) is 4.39 Å². The zero-order valence-electron chi connectivity index (χ0n) is 42.1. The molecule has 25 heteroatoms. The summed E-state index contributed by atoms with van der Waals surface area (Å²) in [4.78, 5) is 48.5. The van der Waals surface area contributed by atoms with Crippen molar-refractivity contribution < 1.29 is 44.0 Å². The summed E-state index contributed by atoms with van der Waals surface area (Å²) in [6.07, 6.45) is 0. The van der Waals surface area contributed by atoms with Gasteiger partial charge in [0, 0.05) is 10.0 Å². The Balaban J connectivity index is 1.51. The topological polar surface area (TPSA) is 267 Å². The van der Waals surface area contributed by atoms with Gasteiger partial charge in [0.2, 0.25) is 17.7 Å². The molecule has 0 aliphatic heterocycles. The van der Waals surface area contributed by atoms with Crippen LogP contribution in [0.3, 0.4) is 0 Å². The third-order valence-corrected chi connectivity index (χ3v) is 17.3. The van der Waals surface area contributed by atoms with Crippen LogP contribution in [0.5, 0.6) is 0 Å². The lowest BCUT2D eigenvalue weighted by Gasteiger charge is -2.43. The molecule has 0 fully saturated rings. The van der Waals surface area contributed by atoms with Gasteiger partial charge in [-0.3, -0.25) is 14.4 Å². The van der Waals surface area contributed by atoms with Crippen molar-refractivity contribution in [3.63, 3.8) is 0 Å². The third kappa shape index (κ3) is 11.1. The zero-order chi connectivity index (χ0) is 57.3. The smallest absolute Gasteiger partial charge is 0.264 e. The second-order valence-electron chi connectivity index (χ2n) is 18.1. The molecule has 406 valence electrons. The minimum atomic E-state index is -5.23. The van der Waals surface area contributed by atoms with Crippen molar-refractivity contribution in [2.24, 2.45) is 0 Å². The van der Waals surface area contributed by atoms with Gasteiger partial charge in [-0.2, -0.15) is 20.6 Å². The van der Waals surface area contributed by atoms with E-state index in [9.17, 15) is 26.5 Å². The van der Waals surface area contributed by atoms with E-state index in [1.54, 1.807) is 60.7 Å². The number of hydrogen-bond donors (Lipinski definition) is 3. The van der Waals surface area contributed by atoms with Crippen LogP contribution in [0, 0.1) is 37.9 Å². The number of aryl methyl sites for hydroxylation is 3. The van der Waals surface area contributed by atoms with Crippen LogP contribution < -0.4 is 14.2 Å². The highest BCUT2D eigenvalue weighted by atomic mass is 35.5. The standard InChI is InChI=1S/C55H43Cl2FN10O9S3/c1-34-30-47(66(60-34)41-10-6-4-7-11-41)50(52(69)63-78(72,73)44-24-14-37(33-59)15-25-44)55(54(71)65-80(76,77)46-28-18-39(57)19-29-46,49-32-36(3)62-68(49)43-22-20-40(58)21-23-43)51(48-31-35(2)61-67(48)42-12-8-5-9-13-42)53(70)64-79(74,75)45-26-16-38(56)17-27-45/h4-32,50-51H,1-3H3,(H,63,69)(H,64,70)(H,65,71). The van der Waals surface area contributed by atoms with Gasteiger partial charge in [-0.25, -0.2) is 57.9 Å². The maximum absolute atomic E-state index is 17.1. The number of sulfonamides is 3. The minimum Gasteiger partial charge on any atom is -0.273 e. The molecule has 9 aromatic rings. The van der Waals surface area contributed by atoms with E-state index in [2.05, 4.69) is 14.2 Å². The van der Waals surface area contributed by atoms with Gasteiger partial charge < -0.3 is 0 Å². The van der Waals surface area contributed by atoms with E-state index in [0.717, 1.165) is 53.2 Å². The highest BCUT2D eigenvalue weighted by Gasteiger charge is 2.64. The fraction of sp³-hybridized carbons (Fsp3) is 0.109. The fourth-order valence-electron chi connectivity index (χ4n) is 9.27. The van der Waals surface area contributed by atoms with Crippen LogP contribution in [0.2, 0.25) is 10.0 Å². The molecule has 6 aromatic carbocycles. The quantitative estimate of drug-likeness (QED) is 0.0786. The zero-order valence-corrected chi connectivity index (χ0v) is 46.0. The summed E-state index contributed by atoms with van der Waals surface area (Å²) in [5.41, 5.74) is -4.13. The fourth-order valence-corrected chi connectivity index (χ4v) is 12.5. The maximum atomic E-state index is 17.1. The van der Waals surface area contributed by atoms with Crippen LogP contribution in [0.25, 0.3) is 17.1 Å². The van der Waals surface area contributed by atoms with Crippen LogP contribution in [0.15, 0.2) is 191 Å². The number of amides is 3. The Bertz CT molecular complexity index is 4240. The Labute approximate surface area is 468 Å². The Morgan fingerprint density at radius 2 is 0.875 bits per heavy atom. The number of hydrogen-bond acceptors (Lipinski definition) is 13. The van der Waals surface area contributed by atoms with Crippen molar-refractivity contribution in [3.05, 3.63) is 232 Å². The molecule has 0 bridgehead atoms. The van der Waals surface area contributed by atoms with E-state index in [1.165, 1.54) is 96.9 Å². The Kier molecular flexibility index (Phi) is 15.5. The minimum absolute atomic E-state index is 0.0138. The summed E-state index contributed by atoms with van der Waals surface area (Å²) in [6.45, 7) is 4.45. The van der Waals surface area contributed by atoms with Gasteiger partial charge in [-0.05, 0) is 160 Å². The van der Waals surface area contributed by atoms with Gasteiger partial charge in [0.25, 0.3) is 30.1 Å². The van der Waals surface area contributed by atoms with E-state index in [0.29, 0.717) is 0 Å². The molecule has 0 aliphatic carbocycles. The number of para-hydroxylation sites is 2. The molecule has 3 amide bonds. The Morgan fingerprint density at radius 1 is 0.512 bits per heavy atom. The summed E-state index contributed by atoms with van der Waals surface area (Å²) in [6, 6.07) is 39.7. The van der Waals surface area contributed by atoms with Crippen molar-refractivity contribution >= 4 is 71.0 Å². The lowest BCUT2D eigenvalue weighted by molar-refractivity contribution is -0.137. The first-order chi connectivity index (χ1) is 38.0. The predicted molar refractivity (Wildman–Crippen MR) is 292 cm³/mol. The largest absolute Gasteiger partial charge is 0.273 e. The molecule has 80 heavy (non-hydrogen) atoms. The summed E-state index contributed by atoms with van der Waals surface area (Å²) in [5, 5.41) is 23.9. The number of carbonyl (C=O) groups excluding carboxylic acids is 3. The van der Waals surface area contributed by atoms with Crippen molar-refractivity contribution in [2.75, 3.05) is 0 Å². The van der Waals surface area contributed by atoms with Crippen molar-refractivity contribution in [1.29, 1.82) is 5.26 Å². The van der Waals surface area contributed by atoms with Gasteiger partial charge in [0.05, 0.1) is 77.5 Å². The number of halogens is 3. The Hall–Kier alpha value is -8.79. The van der Waals surface area contributed by atoms with E-state index >= 15 is 22.8 Å². The molecule has 0 radical (unpaired) electrons. The van der Waals surface area contributed by atoms with Gasteiger partial charge in [0.15, 0.2) is 0 Å². The van der Waals surface area contributed by atoms with Crippen molar-refractivity contribution in [2.45, 2.75) is 52.7 Å². The third-order valence-electron chi connectivity index (χ3n) is 12.7. The van der Waals surface area contributed by atoms with Gasteiger partial charge in [0.1, 0.15) is 23.1 Å². The van der Waals surface area contributed by atoms with E-state index < -0.39 is 91.2 Å². The predicted octanol–water partition coefficient (Wildman–Crippen LogP) is 7.81. The van der Waals surface area contributed by atoms with Crippen LogP contribution in [-0.2, 0) is 49.9 Å². The summed E-state index contributed by atoms with van der Waals surface area (Å²) in [7, 11) is -15.5. The monoisotopic (exact) mass is 1170 g/mol. The molecule has 19 nitrogen and oxygen atoms in total. The van der Waals surface area contributed by atoms with Gasteiger partial charge in [-0.1, -0.05) is 59.6 Å². The number of nitrogens with zero attached hydrogens (tertiary/aromatic N) is 7. The number of aromatic nitrogens is 6. The second-order valence-corrected chi connectivity index (χ2v) is 24.0. The number of carbonyl (C=O) groups is 3. The molecule has 0 saturated carbocycles. The number of nitriles is 1. The first kappa shape index (κ1) is 55.9. The van der Waals surface area contributed by atoms with Crippen LogP contribution in [0.1, 0.15) is 51.6 Å². The number of rotatable bonds is 17. The average Bonchev–Trinajstić information content (AvgIpc) is 4.32. The molecule has 9 rings (SSSR count). The van der Waals surface area contributed by atoms with Crippen molar-refractivity contribution in [3.8, 4) is 23.1 Å². The lowest BCUT2D eigenvalue weighted by atomic mass is 9.60. The summed E-state index contributed by atoms with van der Waals surface area (Å²) >= 11 is 12.4. The lowest BCUT2D eigenvalue weighted by Crippen LogP contribution is -2.61. The van der Waals surface area contributed by atoms with Crippen molar-refractivity contribution in [1.82, 2.24) is 43.5 Å². The van der Waals surface area contributed by atoms with E-state index in [4.69, 9.17) is 38.5 Å². The molecule has 0 aliphatic rings.